The first-order chi connectivity index (χ1) is 6.40. The fourth-order valence-corrected chi connectivity index (χ4v) is 2.29. The number of ether oxygens (including phenoxy) is 2. The monoisotopic (exact) mass is 186 g/mol. The van der Waals surface area contributed by atoms with Gasteiger partial charge in [-0.05, 0) is 31.6 Å². The molecule has 3 nitrogen and oxygen atoms in total. The van der Waals surface area contributed by atoms with Gasteiger partial charge < -0.3 is 14.6 Å². The Hall–Kier alpha value is -0.120. The molecule has 0 aromatic heterocycles. The van der Waals surface area contributed by atoms with E-state index in [0.717, 1.165) is 38.9 Å². The highest BCUT2D eigenvalue weighted by Crippen LogP contribution is 2.33. The first-order valence-corrected chi connectivity index (χ1v) is 5.24. The van der Waals surface area contributed by atoms with Crippen molar-refractivity contribution in [2.75, 3.05) is 19.8 Å². The molecule has 1 saturated heterocycles. The summed E-state index contributed by atoms with van der Waals surface area (Å²) in [7, 11) is 0. The van der Waals surface area contributed by atoms with Gasteiger partial charge in [0.1, 0.15) is 0 Å². The van der Waals surface area contributed by atoms with E-state index in [-0.39, 0.29) is 6.29 Å². The van der Waals surface area contributed by atoms with Crippen molar-refractivity contribution >= 4 is 0 Å². The molecule has 1 aliphatic carbocycles. The van der Waals surface area contributed by atoms with Crippen molar-refractivity contribution in [3.05, 3.63) is 0 Å². The summed E-state index contributed by atoms with van der Waals surface area (Å²) in [5.41, 5.74) is 0. The zero-order chi connectivity index (χ0) is 9.10. The smallest absolute Gasteiger partial charge is 0.160 e. The van der Waals surface area contributed by atoms with Gasteiger partial charge in [0.25, 0.3) is 0 Å². The van der Waals surface area contributed by atoms with Gasteiger partial charge >= 0.3 is 0 Å². The first kappa shape index (κ1) is 9.44. The molecular weight excluding hydrogens is 168 g/mol. The molecule has 13 heavy (non-hydrogen) atoms. The Kier molecular flexibility index (Phi) is 3.19. The van der Waals surface area contributed by atoms with Crippen LogP contribution in [0.25, 0.3) is 0 Å². The van der Waals surface area contributed by atoms with E-state index in [9.17, 15) is 0 Å². The molecule has 0 radical (unpaired) electrons. The lowest BCUT2D eigenvalue weighted by Crippen LogP contribution is -2.27. The molecule has 1 N–H and O–H groups in total. The summed E-state index contributed by atoms with van der Waals surface area (Å²) in [6.07, 6.45) is 4.61. The van der Waals surface area contributed by atoms with Crippen molar-refractivity contribution in [2.45, 2.75) is 32.0 Å². The number of aliphatic hydroxyl groups excluding tert-OH is 1. The predicted octanol–water partition coefficient (Wildman–Crippen LogP) is 1.16. The standard InChI is InChI=1S/C10H18O3/c11-7-8-1-3-9(4-2-8)10-12-5-6-13-10/h8-11H,1-7H2. The second-order valence-corrected chi connectivity index (χ2v) is 4.07. The van der Waals surface area contributed by atoms with Crippen molar-refractivity contribution in [3.8, 4) is 0 Å². The first-order valence-electron chi connectivity index (χ1n) is 5.24. The number of aliphatic hydroxyl groups is 1. The molecule has 2 rings (SSSR count). The molecule has 2 fully saturated rings. The molecule has 1 heterocycles. The van der Waals surface area contributed by atoms with Crippen LogP contribution in [0.15, 0.2) is 0 Å². The summed E-state index contributed by atoms with van der Waals surface area (Å²) in [5, 5.41) is 8.98. The predicted molar refractivity (Wildman–Crippen MR) is 48.2 cm³/mol. The summed E-state index contributed by atoms with van der Waals surface area (Å²) in [4.78, 5) is 0. The van der Waals surface area contributed by atoms with Gasteiger partial charge in [-0.3, -0.25) is 0 Å². The van der Waals surface area contributed by atoms with E-state index in [1.54, 1.807) is 0 Å². The highest BCUT2D eigenvalue weighted by molar-refractivity contribution is 4.75. The van der Waals surface area contributed by atoms with E-state index < -0.39 is 0 Å². The van der Waals surface area contributed by atoms with Crippen LogP contribution >= 0.6 is 0 Å². The Bertz CT molecular complexity index is 146. The Balaban J connectivity index is 1.77. The van der Waals surface area contributed by atoms with Crippen molar-refractivity contribution in [2.24, 2.45) is 11.8 Å². The van der Waals surface area contributed by atoms with Gasteiger partial charge in [0.2, 0.25) is 0 Å². The van der Waals surface area contributed by atoms with Crippen LogP contribution < -0.4 is 0 Å². The molecule has 0 aromatic carbocycles. The van der Waals surface area contributed by atoms with Gasteiger partial charge in [-0.2, -0.15) is 0 Å². The minimum atomic E-state index is 0.0552. The van der Waals surface area contributed by atoms with Gasteiger partial charge in [-0.15, -0.1) is 0 Å². The maximum Gasteiger partial charge on any atom is 0.160 e. The largest absolute Gasteiger partial charge is 0.396 e. The second kappa shape index (κ2) is 4.40. The Labute approximate surface area is 79.0 Å². The van der Waals surface area contributed by atoms with E-state index >= 15 is 0 Å². The van der Waals surface area contributed by atoms with E-state index in [2.05, 4.69) is 0 Å². The molecule has 76 valence electrons. The summed E-state index contributed by atoms with van der Waals surface area (Å²) >= 11 is 0. The van der Waals surface area contributed by atoms with Crippen molar-refractivity contribution in [1.82, 2.24) is 0 Å². The highest BCUT2D eigenvalue weighted by Gasteiger charge is 2.30. The van der Waals surface area contributed by atoms with Crippen LogP contribution in [0.2, 0.25) is 0 Å². The molecule has 0 atom stereocenters. The van der Waals surface area contributed by atoms with Gasteiger partial charge in [0.05, 0.1) is 13.2 Å². The zero-order valence-corrected chi connectivity index (χ0v) is 7.95. The quantitative estimate of drug-likeness (QED) is 0.703. The van der Waals surface area contributed by atoms with Crippen LogP contribution in [0, 0.1) is 11.8 Å². The van der Waals surface area contributed by atoms with Gasteiger partial charge in [0, 0.05) is 12.5 Å². The minimum Gasteiger partial charge on any atom is -0.396 e. The average Bonchev–Trinajstić information content (AvgIpc) is 2.71. The second-order valence-electron chi connectivity index (χ2n) is 4.07. The fraction of sp³-hybridized carbons (Fsp3) is 1.00. The number of hydrogen-bond donors (Lipinski definition) is 1. The molecule has 0 spiro atoms. The molecule has 3 heteroatoms. The third-order valence-corrected chi connectivity index (χ3v) is 3.18. The van der Waals surface area contributed by atoms with Crippen LogP contribution in [0.5, 0.6) is 0 Å². The molecule has 1 saturated carbocycles. The van der Waals surface area contributed by atoms with Crippen LogP contribution in [-0.4, -0.2) is 31.2 Å². The Morgan fingerprint density at radius 1 is 1.00 bits per heavy atom. The third kappa shape index (κ3) is 2.22. The molecule has 2 aliphatic rings. The lowest BCUT2D eigenvalue weighted by molar-refractivity contribution is -0.0963. The van der Waals surface area contributed by atoms with Crippen LogP contribution in [0.3, 0.4) is 0 Å². The van der Waals surface area contributed by atoms with Crippen molar-refractivity contribution in [1.29, 1.82) is 0 Å². The minimum absolute atomic E-state index is 0.0552. The number of hydrogen-bond acceptors (Lipinski definition) is 3. The summed E-state index contributed by atoms with van der Waals surface area (Å²) in [6, 6.07) is 0. The molecule has 0 bridgehead atoms. The average molecular weight is 186 g/mol. The van der Waals surface area contributed by atoms with Crippen molar-refractivity contribution in [3.63, 3.8) is 0 Å². The lowest BCUT2D eigenvalue weighted by atomic mass is 9.82. The molecule has 0 aromatic rings. The SMILES string of the molecule is OCC1CCC(C2OCCO2)CC1. The van der Waals surface area contributed by atoms with E-state index in [4.69, 9.17) is 14.6 Å². The van der Waals surface area contributed by atoms with Crippen LogP contribution in [-0.2, 0) is 9.47 Å². The lowest BCUT2D eigenvalue weighted by Gasteiger charge is -2.29. The van der Waals surface area contributed by atoms with Crippen molar-refractivity contribution < 1.29 is 14.6 Å². The fourth-order valence-electron chi connectivity index (χ4n) is 2.29. The van der Waals surface area contributed by atoms with Crippen LogP contribution in [0.4, 0.5) is 0 Å². The van der Waals surface area contributed by atoms with E-state index in [0.29, 0.717) is 18.4 Å². The normalized spacial score (nSPS) is 36.7. The Morgan fingerprint density at radius 3 is 2.15 bits per heavy atom. The highest BCUT2D eigenvalue weighted by atomic mass is 16.7. The molecular formula is C10H18O3. The maximum absolute atomic E-state index is 8.98. The van der Waals surface area contributed by atoms with E-state index in [1.807, 2.05) is 0 Å². The third-order valence-electron chi connectivity index (χ3n) is 3.18. The van der Waals surface area contributed by atoms with Gasteiger partial charge in [-0.25, -0.2) is 0 Å². The molecule has 0 amide bonds. The Morgan fingerprint density at radius 2 is 1.62 bits per heavy atom. The molecule has 1 aliphatic heterocycles. The summed E-state index contributed by atoms with van der Waals surface area (Å²) in [5.74, 6) is 1.10. The summed E-state index contributed by atoms with van der Waals surface area (Å²) in [6.45, 7) is 1.86. The number of rotatable bonds is 2. The zero-order valence-electron chi connectivity index (χ0n) is 7.95. The van der Waals surface area contributed by atoms with Gasteiger partial charge in [-0.1, -0.05) is 0 Å². The summed E-state index contributed by atoms with van der Waals surface area (Å²) < 4.78 is 11.0. The van der Waals surface area contributed by atoms with E-state index in [1.165, 1.54) is 0 Å². The topological polar surface area (TPSA) is 38.7 Å². The molecule has 0 unspecified atom stereocenters. The van der Waals surface area contributed by atoms with Gasteiger partial charge in [0.15, 0.2) is 6.29 Å². The maximum atomic E-state index is 8.98. The van der Waals surface area contributed by atoms with Crippen LogP contribution in [0.1, 0.15) is 25.7 Å².